The standard InChI is InChI=1S/C12H13N3O2/c13-12-11(7-14-15(12)4-5-16)10-3-1-2-9(6-10)8-17/h1-3,6-8,16H,4-5,13H2. The van der Waals surface area contributed by atoms with Crippen molar-refractivity contribution in [3.8, 4) is 11.1 Å². The largest absolute Gasteiger partial charge is 0.394 e. The quantitative estimate of drug-likeness (QED) is 0.767. The highest BCUT2D eigenvalue weighted by molar-refractivity contribution is 5.81. The molecule has 1 heterocycles. The van der Waals surface area contributed by atoms with Crippen LogP contribution >= 0.6 is 0 Å². The topological polar surface area (TPSA) is 81.1 Å². The molecule has 1 aromatic carbocycles. The van der Waals surface area contributed by atoms with Gasteiger partial charge in [0.2, 0.25) is 0 Å². The van der Waals surface area contributed by atoms with Crippen LogP contribution in [0.4, 0.5) is 5.82 Å². The van der Waals surface area contributed by atoms with E-state index in [1.165, 1.54) is 4.68 Å². The Morgan fingerprint density at radius 1 is 1.47 bits per heavy atom. The van der Waals surface area contributed by atoms with E-state index in [-0.39, 0.29) is 6.61 Å². The molecule has 0 aliphatic rings. The molecule has 5 heteroatoms. The number of rotatable bonds is 4. The van der Waals surface area contributed by atoms with Crippen molar-refractivity contribution in [2.75, 3.05) is 12.3 Å². The van der Waals surface area contributed by atoms with Crippen LogP contribution < -0.4 is 5.73 Å². The van der Waals surface area contributed by atoms with Crippen LogP contribution in [0.2, 0.25) is 0 Å². The minimum Gasteiger partial charge on any atom is -0.394 e. The molecule has 3 N–H and O–H groups in total. The summed E-state index contributed by atoms with van der Waals surface area (Å²) in [6.07, 6.45) is 2.42. The number of anilines is 1. The summed E-state index contributed by atoms with van der Waals surface area (Å²) in [5.41, 5.74) is 8.12. The molecule has 0 bridgehead atoms. The molecule has 88 valence electrons. The third-order valence-corrected chi connectivity index (χ3v) is 2.53. The highest BCUT2D eigenvalue weighted by Crippen LogP contribution is 2.25. The zero-order chi connectivity index (χ0) is 12.3. The van der Waals surface area contributed by atoms with Gasteiger partial charge in [-0.1, -0.05) is 18.2 Å². The molecule has 0 amide bonds. The van der Waals surface area contributed by atoms with Crippen LogP contribution in [0.3, 0.4) is 0 Å². The van der Waals surface area contributed by atoms with Crippen LogP contribution in [0, 0.1) is 0 Å². The number of hydrogen-bond acceptors (Lipinski definition) is 4. The van der Waals surface area contributed by atoms with Gasteiger partial charge in [-0.25, -0.2) is 4.68 Å². The first-order chi connectivity index (χ1) is 8.26. The molecule has 0 saturated carbocycles. The van der Waals surface area contributed by atoms with Crippen molar-refractivity contribution in [2.24, 2.45) is 0 Å². The molecule has 0 spiro atoms. The molecule has 0 aliphatic heterocycles. The van der Waals surface area contributed by atoms with E-state index in [1.807, 2.05) is 6.07 Å². The van der Waals surface area contributed by atoms with E-state index in [1.54, 1.807) is 24.4 Å². The van der Waals surface area contributed by atoms with E-state index in [4.69, 9.17) is 10.8 Å². The second kappa shape index (κ2) is 4.80. The molecule has 1 aromatic heterocycles. The lowest BCUT2D eigenvalue weighted by Crippen LogP contribution is -2.07. The minimum atomic E-state index is -0.0142. The molecule has 0 fully saturated rings. The van der Waals surface area contributed by atoms with Crippen molar-refractivity contribution >= 4 is 12.1 Å². The van der Waals surface area contributed by atoms with Crippen molar-refractivity contribution in [1.29, 1.82) is 0 Å². The predicted molar refractivity (Wildman–Crippen MR) is 64.5 cm³/mol. The number of carbonyl (C=O) groups is 1. The fourth-order valence-corrected chi connectivity index (χ4v) is 1.67. The fourth-order valence-electron chi connectivity index (χ4n) is 1.67. The predicted octanol–water partition coefficient (Wildman–Crippen LogP) is 0.937. The first-order valence-corrected chi connectivity index (χ1v) is 5.24. The van der Waals surface area contributed by atoms with Crippen LogP contribution in [0.25, 0.3) is 11.1 Å². The molecule has 0 unspecified atom stereocenters. The van der Waals surface area contributed by atoms with Crippen molar-refractivity contribution < 1.29 is 9.90 Å². The van der Waals surface area contributed by atoms with Crippen LogP contribution in [-0.2, 0) is 6.54 Å². The maximum absolute atomic E-state index is 10.7. The average molecular weight is 231 g/mol. The number of nitrogen functional groups attached to an aromatic ring is 1. The van der Waals surface area contributed by atoms with Gasteiger partial charge in [0.15, 0.2) is 0 Å². The Labute approximate surface area is 98.5 Å². The van der Waals surface area contributed by atoms with E-state index in [9.17, 15) is 4.79 Å². The number of aliphatic hydroxyl groups excluding tert-OH is 1. The number of nitrogens with zero attached hydrogens (tertiary/aromatic N) is 2. The van der Waals surface area contributed by atoms with E-state index in [0.717, 1.165) is 17.4 Å². The summed E-state index contributed by atoms with van der Waals surface area (Å²) >= 11 is 0. The Balaban J connectivity index is 2.42. The average Bonchev–Trinajstić information content (AvgIpc) is 2.72. The number of nitrogens with two attached hydrogens (primary N) is 1. The van der Waals surface area contributed by atoms with Gasteiger partial charge in [0.1, 0.15) is 12.1 Å². The van der Waals surface area contributed by atoms with Gasteiger partial charge < -0.3 is 10.8 Å². The Morgan fingerprint density at radius 2 is 2.29 bits per heavy atom. The highest BCUT2D eigenvalue weighted by Gasteiger charge is 2.09. The summed E-state index contributed by atoms with van der Waals surface area (Å²) in [6, 6.07) is 7.14. The third-order valence-electron chi connectivity index (χ3n) is 2.53. The number of hydrogen-bond donors (Lipinski definition) is 2. The van der Waals surface area contributed by atoms with Gasteiger partial charge in [-0.15, -0.1) is 0 Å². The van der Waals surface area contributed by atoms with Crippen molar-refractivity contribution in [3.63, 3.8) is 0 Å². The molecule has 17 heavy (non-hydrogen) atoms. The van der Waals surface area contributed by atoms with Gasteiger partial charge in [-0.2, -0.15) is 5.10 Å². The highest BCUT2D eigenvalue weighted by atomic mass is 16.3. The first-order valence-electron chi connectivity index (χ1n) is 5.24. The van der Waals surface area contributed by atoms with Crippen molar-refractivity contribution in [3.05, 3.63) is 36.0 Å². The normalized spacial score (nSPS) is 10.4. The number of benzene rings is 1. The lowest BCUT2D eigenvalue weighted by molar-refractivity contribution is 0.112. The minimum absolute atomic E-state index is 0.0142. The fraction of sp³-hybridized carbons (Fsp3) is 0.167. The molecule has 0 atom stereocenters. The van der Waals surface area contributed by atoms with Crippen LogP contribution in [-0.4, -0.2) is 27.8 Å². The Hall–Kier alpha value is -2.14. The lowest BCUT2D eigenvalue weighted by atomic mass is 10.1. The zero-order valence-electron chi connectivity index (χ0n) is 9.21. The van der Waals surface area contributed by atoms with Crippen LogP contribution in [0.1, 0.15) is 10.4 Å². The van der Waals surface area contributed by atoms with E-state index >= 15 is 0 Å². The molecule has 0 aliphatic carbocycles. The molecule has 2 aromatic rings. The van der Waals surface area contributed by atoms with Gasteiger partial charge in [0.05, 0.1) is 19.3 Å². The van der Waals surface area contributed by atoms with E-state index < -0.39 is 0 Å². The molecule has 0 saturated heterocycles. The third kappa shape index (κ3) is 2.19. The molecular weight excluding hydrogens is 218 g/mol. The van der Waals surface area contributed by atoms with Crippen molar-refractivity contribution in [1.82, 2.24) is 9.78 Å². The maximum atomic E-state index is 10.7. The van der Waals surface area contributed by atoms with Gasteiger partial charge in [0, 0.05) is 11.1 Å². The summed E-state index contributed by atoms with van der Waals surface area (Å²) in [4.78, 5) is 10.7. The van der Waals surface area contributed by atoms with Gasteiger partial charge in [-0.3, -0.25) is 4.79 Å². The Morgan fingerprint density at radius 3 is 3.00 bits per heavy atom. The summed E-state index contributed by atoms with van der Waals surface area (Å²) in [7, 11) is 0. The summed E-state index contributed by atoms with van der Waals surface area (Å²) in [6.45, 7) is 0.346. The SMILES string of the molecule is Nc1c(-c2cccc(C=O)c2)cnn1CCO. The Bertz CT molecular complexity index is 534. The van der Waals surface area contributed by atoms with Crippen molar-refractivity contribution in [2.45, 2.75) is 6.54 Å². The van der Waals surface area contributed by atoms with Crippen LogP contribution in [0.5, 0.6) is 0 Å². The van der Waals surface area contributed by atoms with Gasteiger partial charge in [-0.05, 0) is 11.6 Å². The second-order valence-electron chi connectivity index (χ2n) is 3.63. The van der Waals surface area contributed by atoms with E-state index in [0.29, 0.717) is 17.9 Å². The van der Waals surface area contributed by atoms with Gasteiger partial charge >= 0.3 is 0 Å². The summed E-state index contributed by atoms with van der Waals surface area (Å²) < 4.78 is 1.53. The molecular formula is C12H13N3O2. The summed E-state index contributed by atoms with van der Waals surface area (Å²) in [5, 5.41) is 12.9. The summed E-state index contributed by atoms with van der Waals surface area (Å²) in [5.74, 6) is 0.488. The number of carbonyl (C=O) groups excluding carboxylic acids is 1. The maximum Gasteiger partial charge on any atom is 0.150 e. The smallest absolute Gasteiger partial charge is 0.150 e. The zero-order valence-corrected chi connectivity index (χ0v) is 9.21. The number of aliphatic hydroxyl groups is 1. The number of aromatic nitrogens is 2. The second-order valence-corrected chi connectivity index (χ2v) is 3.63. The lowest BCUT2D eigenvalue weighted by Gasteiger charge is -2.03. The first kappa shape index (κ1) is 11.3. The van der Waals surface area contributed by atoms with Gasteiger partial charge in [0.25, 0.3) is 0 Å². The Kier molecular flexibility index (Phi) is 3.20. The van der Waals surface area contributed by atoms with Crippen LogP contribution in [0.15, 0.2) is 30.5 Å². The monoisotopic (exact) mass is 231 g/mol. The molecule has 5 nitrogen and oxygen atoms in total. The molecule has 0 radical (unpaired) electrons. The molecule has 2 rings (SSSR count). The number of aldehydes is 1. The van der Waals surface area contributed by atoms with E-state index in [2.05, 4.69) is 5.10 Å².